The maximum Gasteiger partial charge on any atom is 0.319 e. The van der Waals surface area contributed by atoms with Crippen molar-refractivity contribution in [1.82, 2.24) is 25.2 Å². The molecule has 9 nitrogen and oxygen atoms in total. The molecule has 2 N–H and O–H groups in total. The van der Waals surface area contributed by atoms with Crippen LogP contribution in [0.1, 0.15) is 44.6 Å². The van der Waals surface area contributed by atoms with E-state index < -0.39 is 6.17 Å². The fourth-order valence-electron chi connectivity index (χ4n) is 8.73. The van der Waals surface area contributed by atoms with Crippen LogP contribution in [0.25, 0.3) is 32.9 Å². The monoisotopic (exact) mass is 596 g/mol. The summed E-state index contributed by atoms with van der Waals surface area (Å²) in [7, 11) is 0. The highest BCUT2D eigenvalue weighted by molar-refractivity contribution is 6.02. The predicted molar refractivity (Wildman–Crippen MR) is 166 cm³/mol. The molecule has 0 radical (unpaired) electrons. The van der Waals surface area contributed by atoms with Crippen molar-refractivity contribution < 1.29 is 19.0 Å². The number of anilines is 1. The number of piperazine rings is 1. The first-order valence-electron chi connectivity index (χ1n) is 16.1. The fourth-order valence-corrected chi connectivity index (χ4v) is 8.73. The summed E-state index contributed by atoms with van der Waals surface area (Å²) in [5.41, 5.74) is 3.10. The van der Waals surface area contributed by atoms with Crippen LogP contribution in [0, 0.1) is 0 Å². The van der Waals surface area contributed by atoms with Crippen LogP contribution in [0.4, 0.5) is 10.2 Å². The summed E-state index contributed by atoms with van der Waals surface area (Å²) < 4.78 is 27.5. The maximum absolute atomic E-state index is 14.5. The standard InChI is InChI=1S/C34H37FN6O3/c1-2-19-5-3-6-20-11-23(42)12-24(29(19)20)26-13-27-30-31(41-16-22-7-8-25(36-22)28(41)17-43-32(30)37-26)39-33(38-27)44-18-34-9-4-10-40(34)15-21(35)14-34/h3,5-6,11-13,21-22,25,28,36,42H,2,4,7-10,14-18H2,1H3/t21-,22+,25-,28-,34+/m0/s1. The molecule has 44 heavy (non-hydrogen) atoms. The van der Waals surface area contributed by atoms with Crippen molar-refractivity contribution in [2.45, 2.75) is 75.3 Å². The minimum atomic E-state index is -0.823. The topological polar surface area (TPSA) is 95.9 Å². The third-order valence-corrected chi connectivity index (χ3v) is 10.8. The molecule has 4 saturated heterocycles. The van der Waals surface area contributed by atoms with E-state index in [9.17, 15) is 9.50 Å². The number of hydrogen-bond acceptors (Lipinski definition) is 9. The lowest BCUT2D eigenvalue weighted by atomic mass is 9.95. The summed E-state index contributed by atoms with van der Waals surface area (Å²) in [4.78, 5) is 19.7. The first-order chi connectivity index (χ1) is 21.5. The Bertz CT molecular complexity index is 1800. The second kappa shape index (κ2) is 9.87. The molecular weight excluding hydrogens is 559 g/mol. The highest BCUT2D eigenvalue weighted by Crippen LogP contribution is 2.44. The van der Waals surface area contributed by atoms with Crippen molar-refractivity contribution in [3.05, 3.63) is 42.0 Å². The number of ether oxygens (including phenoxy) is 2. The molecule has 4 fully saturated rings. The van der Waals surface area contributed by atoms with E-state index in [1.54, 1.807) is 12.1 Å². The number of phenolic OH excluding ortho intramolecular Hbond substituents is 1. The van der Waals surface area contributed by atoms with Crippen LogP contribution in [-0.4, -0.2) is 87.6 Å². The number of phenols is 1. The summed E-state index contributed by atoms with van der Waals surface area (Å²) >= 11 is 0. The van der Waals surface area contributed by atoms with E-state index in [2.05, 4.69) is 28.1 Å². The van der Waals surface area contributed by atoms with Gasteiger partial charge in [-0.1, -0.05) is 25.1 Å². The molecule has 7 heterocycles. The average molecular weight is 597 g/mol. The molecule has 2 aromatic carbocycles. The van der Waals surface area contributed by atoms with E-state index >= 15 is 0 Å². The first kappa shape index (κ1) is 26.6. The Morgan fingerprint density at radius 1 is 1.14 bits per heavy atom. The number of rotatable bonds is 5. The zero-order valence-corrected chi connectivity index (χ0v) is 24.9. The van der Waals surface area contributed by atoms with E-state index in [4.69, 9.17) is 24.4 Å². The highest BCUT2D eigenvalue weighted by Gasteiger charge is 2.50. The molecule has 228 valence electrons. The van der Waals surface area contributed by atoms with Crippen molar-refractivity contribution in [3.8, 4) is 28.9 Å². The van der Waals surface area contributed by atoms with E-state index in [-0.39, 0.29) is 17.3 Å². The number of aromatic hydroxyl groups is 1. The molecular formula is C34H37FN6O3. The highest BCUT2D eigenvalue weighted by atomic mass is 19.1. The van der Waals surface area contributed by atoms with Gasteiger partial charge in [0.25, 0.3) is 0 Å². The molecule has 2 aromatic heterocycles. The third-order valence-electron chi connectivity index (χ3n) is 10.8. The summed E-state index contributed by atoms with van der Waals surface area (Å²) in [5.74, 6) is 1.49. The van der Waals surface area contributed by atoms with E-state index in [0.717, 1.165) is 72.7 Å². The van der Waals surface area contributed by atoms with Crippen LogP contribution in [0.3, 0.4) is 0 Å². The van der Waals surface area contributed by atoms with Gasteiger partial charge in [-0.15, -0.1) is 0 Å². The molecule has 5 aliphatic heterocycles. The second-order valence-corrected chi connectivity index (χ2v) is 13.3. The number of hydrogen-bond donors (Lipinski definition) is 2. The van der Waals surface area contributed by atoms with Gasteiger partial charge in [0.1, 0.15) is 36.3 Å². The lowest BCUT2D eigenvalue weighted by molar-refractivity contribution is 0.107. The Hall–Kier alpha value is -3.76. The zero-order valence-electron chi connectivity index (χ0n) is 24.9. The number of halogens is 1. The van der Waals surface area contributed by atoms with Gasteiger partial charge < -0.3 is 24.8 Å². The Balaban J connectivity index is 1.21. The van der Waals surface area contributed by atoms with Gasteiger partial charge in [0.2, 0.25) is 5.88 Å². The molecule has 10 heteroatoms. The van der Waals surface area contributed by atoms with E-state index in [0.29, 0.717) is 61.4 Å². The second-order valence-electron chi connectivity index (χ2n) is 13.3. The molecule has 9 rings (SSSR count). The molecule has 0 aliphatic carbocycles. The van der Waals surface area contributed by atoms with Gasteiger partial charge in [0.15, 0.2) is 0 Å². The molecule has 2 bridgehead atoms. The number of benzene rings is 2. The summed E-state index contributed by atoms with van der Waals surface area (Å²) in [6.45, 7) is 5.21. The lowest BCUT2D eigenvalue weighted by Gasteiger charge is -2.40. The van der Waals surface area contributed by atoms with E-state index in [1.807, 2.05) is 18.2 Å². The normalized spacial score (nSPS) is 29.1. The van der Waals surface area contributed by atoms with Crippen LogP contribution in [-0.2, 0) is 6.42 Å². The van der Waals surface area contributed by atoms with Gasteiger partial charge in [-0.2, -0.15) is 9.97 Å². The predicted octanol–water partition coefficient (Wildman–Crippen LogP) is 4.77. The smallest absolute Gasteiger partial charge is 0.319 e. The van der Waals surface area contributed by atoms with Crippen molar-refractivity contribution in [2.75, 3.05) is 37.7 Å². The largest absolute Gasteiger partial charge is 0.508 e. The van der Waals surface area contributed by atoms with Gasteiger partial charge in [-0.3, -0.25) is 4.90 Å². The Morgan fingerprint density at radius 3 is 2.98 bits per heavy atom. The van der Waals surface area contributed by atoms with Crippen molar-refractivity contribution in [1.29, 1.82) is 0 Å². The Labute approximate surface area is 255 Å². The summed E-state index contributed by atoms with van der Waals surface area (Å²) in [6, 6.07) is 12.9. The lowest BCUT2D eigenvalue weighted by Crippen LogP contribution is -2.60. The fraction of sp³-hybridized carbons (Fsp3) is 0.500. The van der Waals surface area contributed by atoms with Crippen molar-refractivity contribution in [3.63, 3.8) is 0 Å². The number of aromatic nitrogens is 3. The molecule has 0 amide bonds. The molecule has 4 aromatic rings. The van der Waals surface area contributed by atoms with Gasteiger partial charge in [-0.25, -0.2) is 9.37 Å². The molecule has 5 atom stereocenters. The van der Waals surface area contributed by atoms with Crippen LogP contribution in [0.5, 0.6) is 17.6 Å². The first-order valence-corrected chi connectivity index (χ1v) is 16.1. The molecule has 0 saturated carbocycles. The number of pyridine rings is 1. The van der Waals surface area contributed by atoms with Gasteiger partial charge >= 0.3 is 6.01 Å². The maximum atomic E-state index is 14.5. The minimum absolute atomic E-state index is 0.108. The quantitative estimate of drug-likeness (QED) is 0.338. The Morgan fingerprint density at radius 2 is 2.07 bits per heavy atom. The van der Waals surface area contributed by atoms with Gasteiger partial charge in [-0.05, 0) is 73.2 Å². The number of aryl methyl sites for hydroxylation is 1. The minimum Gasteiger partial charge on any atom is -0.508 e. The number of fused-ring (bicyclic) bond motifs is 7. The molecule has 0 unspecified atom stereocenters. The van der Waals surface area contributed by atoms with E-state index in [1.165, 1.54) is 5.56 Å². The van der Waals surface area contributed by atoms with Gasteiger partial charge in [0, 0.05) is 37.2 Å². The average Bonchev–Trinajstić information content (AvgIpc) is 3.66. The SMILES string of the molecule is CCc1cccc2cc(O)cc(-c3cc4nc(OC[C@]56CCCN5C[C@@H](F)C6)nc5c4c(n3)OC[C@H]3[C@@H]4CC[C@H](CN53)N4)c12. The van der Waals surface area contributed by atoms with Gasteiger partial charge in [0.05, 0.1) is 22.8 Å². The number of nitrogens with one attached hydrogen (secondary N) is 1. The number of nitrogens with zero attached hydrogens (tertiary/aromatic N) is 5. The zero-order chi connectivity index (χ0) is 29.6. The number of alkyl halides is 1. The van der Waals surface area contributed by atoms with Crippen molar-refractivity contribution >= 4 is 27.5 Å². The Kier molecular flexibility index (Phi) is 5.97. The molecule has 5 aliphatic rings. The third kappa shape index (κ3) is 4.06. The summed E-state index contributed by atoms with van der Waals surface area (Å²) in [6.07, 6.45) is 4.73. The van der Waals surface area contributed by atoms with Crippen LogP contribution in [0.2, 0.25) is 0 Å². The van der Waals surface area contributed by atoms with Crippen LogP contribution < -0.4 is 19.7 Å². The van der Waals surface area contributed by atoms with Crippen molar-refractivity contribution in [2.24, 2.45) is 0 Å². The van der Waals surface area contributed by atoms with Crippen LogP contribution in [0.15, 0.2) is 36.4 Å². The summed E-state index contributed by atoms with van der Waals surface area (Å²) in [5, 5.41) is 17.3. The molecule has 0 spiro atoms. The van der Waals surface area contributed by atoms with Crippen LogP contribution >= 0.6 is 0 Å².